The van der Waals surface area contributed by atoms with E-state index in [-0.39, 0.29) is 5.57 Å². The van der Waals surface area contributed by atoms with Gasteiger partial charge in [0.2, 0.25) is 12.6 Å². The van der Waals surface area contributed by atoms with Crippen molar-refractivity contribution in [3.63, 3.8) is 0 Å². The first-order chi connectivity index (χ1) is 11.2. The fraction of sp³-hybridized carbons (Fsp3) is 0.538. The van der Waals surface area contributed by atoms with Crippen LogP contribution in [0.15, 0.2) is 24.3 Å². The molecule has 0 heterocycles. The van der Waals surface area contributed by atoms with Crippen LogP contribution >= 0.6 is 0 Å². The highest BCUT2D eigenvalue weighted by Crippen LogP contribution is 2.20. The fourth-order valence-corrected chi connectivity index (χ4v) is 1.11. The van der Waals surface area contributed by atoms with Crippen LogP contribution in [0.2, 0.25) is 0 Å². The van der Waals surface area contributed by atoms with Crippen LogP contribution in [-0.2, 0) is 34.1 Å². The molecule has 0 amide bonds. The molecule has 0 bridgehead atoms. The van der Waals surface area contributed by atoms with E-state index in [9.17, 15) is 19.8 Å². The number of aliphatic hydroxyl groups excluding tert-OH is 2. The number of aliphatic hydroxyl groups is 2. The summed E-state index contributed by atoms with van der Waals surface area (Å²) in [5.74, 6) is 0. The minimum atomic E-state index is -1.92. The topological polar surface area (TPSA) is 139 Å². The second kappa shape index (κ2) is 10.6. The zero-order valence-corrected chi connectivity index (χ0v) is 13.6. The number of hydrogen-bond acceptors (Lipinski definition) is 11. The summed E-state index contributed by atoms with van der Waals surface area (Å²) in [6, 6.07) is 0. The second-order valence-electron chi connectivity index (χ2n) is 4.46. The summed E-state index contributed by atoms with van der Waals surface area (Å²) < 4.78 is 8.78. The van der Waals surface area contributed by atoms with E-state index in [2.05, 4.69) is 40.6 Å². The summed E-state index contributed by atoms with van der Waals surface area (Å²) in [5, 5.41) is 23.2. The Balaban J connectivity index is 4.58. The van der Waals surface area contributed by atoms with Crippen LogP contribution in [0.5, 0.6) is 0 Å². The molecule has 0 spiro atoms. The first-order valence-electron chi connectivity index (χ1n) is 6.46. The molecule has 138 valence electrons. The molecule has 2 N–H and O–H groups in total. The van der Waals surface area contributed by atoms with E-state index >= 15 is 0 Å². The fourth-order valence-electron chi connectivity index (χ4n) is 1.11. The Kier molecular flexibility index (Phi) is 9.61. The van der Waals surface area contributed by atoms with Crippen molar-refractivity contribution in [2.45, 2.75) is 39.0 Å². The van der Waals surface area contributed by atoms with Crippen molar-refractivity contribution in [2.24, 2.45) is 0 Å². The molecular weight excluding hydrogens is 332 g/mol. The Morgan fingerprint density at radius 3 is 2.25 bits per heavy atom. The number of allylic oxidation sites excluding steroid dienone is 1. The maximum atomic E-state index is 11.2. The lowest BCUT2D eigenvalue weighted by Crippen LogP contribution is -2.43. The van der Waals surface area contributed by atoms with Gasteiger partial charge in [0.1, 0.15) is 0 Å². The number of hydrogen-bond donors (Lipinski definition) is 2. The van der Waals surface area contributed by atoms with Gasteiger partial charge in [0, 0.05) is 0 Å². The standard InChI is InChI=1S/C13H20O11/c1-6-7-13(4,10(15)20-12(17)21-18-5)23-24-22-11(16)19-9(14)8(2)3/h6-7,9-10,14-15H,2H2,1,3-5H3. The molecular formula is C13H20O11. The highest BCUT2D eigenvalue weighted by atomic mass is 17.5. The lowest BCUT2D eigenvalue weighted by Gasteiger charge is -2.27. The Labute approximate surface area is 137 Å². The van der Waals surface area contributed by atoms with Crippen molar-refractivity contribution in [3.05, 3.63) is 24.3 Å². The summed E-state index contributed by atoms with van der Waals surface area (Å²) in [6.07, 6.45) is -3.65. The zero-order valence-electron chi connectivity index (χ0n) is 13.6. The van der Waals surface area contributed by atoms with Crippen LogP contribution in [0.1, 0.15) is 20.8 Å². The predicted molar refractivity (Wildman–Crippen MR) is 74.4 cm³/mol. The maximum absolute atomic E-state index is 11.2. The largest absolute Gasteiger partial charge is 0.545 e. The molecule has 0 rings (SSSR count). The van der Waals surface area contributed by atoms with Crippen molar-refractivity contribution in [2.75, 3.05) is 7.11 Å². The molecule has 3 atom stereocenters. The van der Waals surface area contributed by atoms with Gasteiger partial charge in [0.05, 0.1) is 7.11 Å². The Morgan fingerprint density at radius 1 is 1.17 bits per heavy atom. The molecule has 0 saturated carbocycles. The second-order valence-corrected chi connectivity index (χ2v) is 4.46. The van der Waals surface area contributed by atoms with E-state index in [1.54, 1.807) is 6.92 Å². The van der Waals surface area contributed by atoms with E-state index in [0.717, 1.165) is 7.11 Å². The van der Waals surface area contributed by atoms with E-state index < -0.39 is 30.5 Å². The third kappa shape index (κ3) is 7.89. The lowest BCUT2D eigenvalue weighted by molar-refractivity contribution is -0.525. The van der Waals surface area contributed by atoms with E-state index in [4.69, 9.17) is 0 Å². The highest BCUT2D eigenvalue weighted by Gasteiger charge is 2.38. The van der Waals surface area contributed by atoms with Gasteiger partial charge in [-0.2, -0.15) is 9.78 Å². The van der Waals surface area contributed by atoms with Crippen LogP contribution in [0.25, 0.3) is 0 Å². The summed E-state index contributed by atoms with van der Waals surface area (Å²) in [4.78, 5) is 39.1. The molecule has 0 aliphatic carbocycles. The molecule has 24 heavy (non-hydrogen) atoms. The van der Waals surface area contributed by atoms with Gasteiger partial charge in [-0.1, -0.05) is 12.7 Å². The molecule has 0 aliphatic rings. The lowest BCUT2D eigenvalue weighted by atomic mass is 10.1. The summed E-state index contributed by atoms with van der Waals surface area (Å²) >= 11 is 0. The minimum absolute atomic E-state index is 0.145. The molecule has 0 aromatic carbocycles. The van der Waals surface area contributed by atoms with Crippen molar-refractivity contribution >= 4 is 12.3 Å². The van der Waals surface area contributed by atoms with Crippen molar-refractivity contribution in [1.82, 2.24) is 0 Å². The van der Waals surface area contributed by atoms with Gasteiger partial charge in [0.25, 0.3) is 0 Å². The molecule has 0 fully saturated rings. The number of rotatable bonds is 9. The van der Waals surface area contributed by atoms with Crippen LogP contribution in [-0.4, -0.2) is 47.8 Å². The normalized spacial score (nSPS) is 15.9. The predicted octanol–water partition coefficient (Wildman–Crippen LogP) is 1.27. The first-order valence-corrected chi connectivity index (χ1v) is 6.46. The Bertz CT molecular complexity index is 461. The Morgan fingerprint density at radius 2 is 1.75 bits per heavy atom. The number of ether oxygens (including phenoxy) is 2. The van der Waals surface area contributed by atoms with E-state index in [1.807, 2.05) is 0 Å². The zero-order chi connectivity index (χ0) is 18.8. The van der Waals surface area contributed by atoms with E-state index in [0.29, 0.717) is 0 Å². The highest BCUT2D eigenvalue weighted by molar-refractivity contribution is 5.59. The van der Waals surface area contributed by atoms with Crippen LogP contribution in [0.4, 0.5) is 9.59 Å². The maximum Gasteiger partial charge on any atom is 0.545 e. The third-order valence-electron chi connectivity index (χ3n) is 2.29. The van der Waals surface area contributed by atoms with Crippen molar-refractivity contribution in [1.29, 1.82) is 0 Å². The quantitative estimate of drug-likeness (QED) is 0.204. The summed E-state index contributed by atoms with van der Waals surface area (Å²) in [6.45, 7) is 7.56. The van der Waals surface area contributed by atoms with Crippen molar-refractivity contribution < 1.29 is 53.9 Å². The average Bonchev–Trinajstić information content (AvgIpc) is 2.47. The van der Waals surface area contributed by atoms with Gasteiger partial charge in [-0.05, 0) is 37.5 Å². The van der Waals surface area contributed by atoms with Crippen molar-refractivity contribution in [3.8, 4) is 0 Å². The number of carbonyl (C=O) groups is 2. The minimum Gasteiger partial charge on any atom is -0.399 e. The SMILES string of the molecule is C=C(C)C(O)OC(=O)OOOC(C)(C=CC)C(O)OC(=O)OOC. The molecule has 11 nitrogen and oxygen atoms in total. The van der Waals surface area contributed by atoms with Gasteiger partial charge in [0.15, 0.2) is 5.60 Å². The molecule has 0 aromatic heterocycles. The molecule has 0 radical (unpaired) electrons. The van der Waals surface area contributed by atoms with Crippen LogP contribution in [0.3, 0.4) is 0 Å². The van der Waals surface area contributed by atoms with Gasteiger partial charge < -0.3 is 19.7 Å². The van der Waals surface area contributed by atoms with Crippen LogP contribution in [0, 0.1) is 0 Å². The average molecular weight is 352 g/mol. The third-order valence-corrected chi connectivity index (χ3v) is 2.29. The van der Waals surface area contributed by atoms with Gasteiger partial charge >= 0.3 is 12.3 Å². The summed E-state index contributed by atoms with van der Waals surface area (Å²) in [7, 11) is 1.05. The van der Waals surface area contributed by atoms with Gasteiger partial charge in [-0.3, -0.25) is 4.89 Å². The molecule has 11 heteroatoms. The van der Waals surface area contributed by atoms with Gasteiger partial charge in [-0.25, -0.2) is 14.5 Å². The molecule has 0 aliphatic heterocycles. The Hall–Kier alpha value is -2.18. The van der Waals surface area contributed by atoms with Crippen LogP contribution < -0.4 is 0 Å². The van der Waals surface area contributed by atoms with Gasteiger partial charge in [-0.15, -0.1) is 0 Å². The summed E-state index contributed by atoms with van der Waals surface area (Å²) in [5.41, 5.74) is -1.64. The molecule has 0 saturated heterocycles. The van der Waals surface area contributed by atoms with E-state index in [1.165, 1.54) is 26.0 Å². The smallest absolute Gasteiger partial charge is 0.399 e. The monoisotopic (exact) mass is 352 g/mol. The molecule has 3 unspecified atom stereocenters. The first kappa shape index (κ1) is 21.8. The number of carbonyl (C=O) groups excluding carboxylic acids is 2. The molecule has 0 aromatic rings.